The van der Waals surface area contributed by atoms with Crippen LogP contribution < -0.4 is 5.32 Å². The summed E-state index contributed by atoms with van der Waals surface area (Å²) in [4.78, 5) is 9.45. The van der Waals surface area contributed by atoms with Crippen LogP contribution in [0.15, 0.2) is 71.9 Å². The van der Waals surface area contributed by atoms with E-state index in [1.807, 2.05) is 62.4 Å². The molecule has 2 aromatic carbocycles. The second kappa shape index (κ2) is 11.7. The minimum atomic E-state index is -1.05. The van der Waals surface area contributed by atoms with Gasteiger partial charge in [0.2, 0.25) is 0 Å². The number of hydrogen-bond acceptors (Lipinski definition) is 6. The van der Waals surface area contributed by atoms with Gasteiger partial charge in [0, 0.05) is 18.2 Å². The molecule has 0 saturated heterocycles. The van der Waals surface area contributed by atoms with Gasteiger partial charge in [0.05, 0.1) is 23.8 Å². The summed E-state index contributed by atoms with van der Waals surface area (Å²) in [7, 11) is 0. The van der Waals surface area contributed by atoms with Gasteiger partial charge in [-0.2, -0.15) is 0 Å². The minimum Gasteiger partial charge on any atom is -0.611 e. The molecule has 6 nitrogen and oxygen atoms in total. The molecule has 0 spiro atoms. The van der Waals surface area contributed by atoms with Gasteiger partial charge in [-0.15, -0.1) is 0 Å². The topological polar surface area (TPSA) is 105 Å². The lowest BCUT2D eigenvalue weighted by molar-refractivity contribution is 0.509. The van der Waals surface area contributed by atoms with Gasteiger partial charge in [0.25, 0.3) is 0 Å². The zero-order valence-electron chi connectivity index (χ0n) is 19.2. The van der Waals surface area contributed by atoms with E-state index < -0.39 is 11.2 Å². The van der Waals surface area contributed by atoms with Gasteiger partial charge < -0.3 is 20.4 Å². The summed E-state index contributed by atoms with van der Waals surface area (Å²) in [5, 5.41) is 22.3. The second-order valence-corrected chi connectivity index (χ2v) is 9.99. The van der Waals surface area contributed by atoms with Crippen molar-refractivity contribution in [1.29, 1.82) is 5.41 Å². The van der Waals surface area contributed by atoms with Crippen LogP contribution in [-0.4, -0.2) is 37.1 Å². The van der Waals surface area contributed by atoms with Crippen molar-refractivity contribution in [2.45, 2.75) is 43.9 Å². The highest BCUT2D eigenvalue weighted by Gasteiger charge is 2.15. The smallest absolute Gasteiger partial charge is 0.152 e. The number of hydrogen-bond donors (Lipinski definition) is 3. The Balaban J connectivity index is 1.73. The molecule has 3 aromatic rings. The molecule has 7 heteroatoms. The van der Waals surface area contributed by atoms with E-state index in [-0.39, 0.29) is 22.4 Å². The number of aliphatic hydroxyl groups is 1. The van der Waals surface area contributed by atoms with Crippen molar-refractivity contribution in [3.8, 4) is 11.3 Å². The van der Waals surface area contributed by atoms with E-state index in [1.165, 1.54) is 12.3 Å². The molecule has 1 unspecified atom stereocenters. The standard InChI is InChI=1S/C26H30N4O2S/c1-4-13-28-15-19-5-7-20(8-6-19)23(27)14-26(31)25-17-29-16-24(30-25)21-9-11-22(12-10-21)33(32)18(2)3/h5-12,14,16-18,27-28,31H,4,13,15H2,1-3H3/b26-14-,27-23?. The van der Waals surface area contributed by atoms with Crippen LogP contribution in [0, 0.1) is 5.41 Å². The summed E-state index contributed by atoms with van der Waals surface area (Å²) >= 11 is -1.05. The maximum absolute atomic E-state index is 12.3. The molecule has 3 N–H and O–H groups in total. The highest BCUT2D eigenvalue weighted by atomic mass is 32.2. The van der Waals surface area contributed by atoms with E-state index in [1.54, 1.807) is 6.20 Å². The summed E-state index contributed by atoms with van der Waals surface area (Å²) in [5.41, 5.74) is 3.73. The minimum absolute atomic E-state index is 0.0466. The Hall–Kier alpha value is -3.00. The molecule has 0 radical (unpaired) electrons. The van der Waals surface area contributed by atoms with Crippen LogP contribution in [0.4, 0.5) is 0 Å². The molecule has 0 aliphatic rings. The first-order valence-corrected chi connectivity index (χ1v) is 12.2. The lowest BCUT2D eigenvalue weighted by Gasteiger charge is -2.14. The van der Waals surface area contributed by atoms with Gasteiger partial charge in [0.15, 0.2) is 4.90 Å². The van der Waals surface area contributed by atoms with Crippen LogP contribution in [0.2, 0.25) is 0 Å². The van der Waals surface area contributed by atoms with E-state index in [4.69, 9.17) is 5.41 Å². The van der Waals surface area contributed by atoms with Gasteiger partial charge in [0.1, 0.15) is 16.7 Å². The average Bonchev–Trinajstić information content (AvgIpc) is 2.84. The Kier molecular flexibility index (Phi) is 8.77. The normalized spacial score (nSPS) is 12.7. The van der Waals surface area contributed by atoms with Crippen LogP contribution in [0.25, 0.3) is 17.0 Å². The van der Waals surface area contributed by atoms with E-state index in [0.29, 0.717) is 11.3 Å². The molecular weight excluding hydrogens is 432 g/mol. The van der Waals surface area contributed by atoms with Crippen molar-refractivity contribution in [1.82, 2.24) is 15.3 Å². The van der Waals surface area contributed by atoms with Crippen LogP contribution in [0.1, 0.15) is 44.0 Å². The lowest BCUT2D eigenvalue weighted by Crippen LogP contribution is -2.13. The van der Waals surface area contributed by atoms with Crippen molar-refractivity contribution in [2.24, 2.45) is 0 Å². The van der Waals surface area contributed by atoms with Crippen LogP contribution in [-0.2, 0) is 17.7 Å². The Morgan fingerprint density at radius 3 is 2.45 bits per heavy atom. The number of allylic oxidation sites excluding steroid dienone is 1. The maximum atomic E-state index is 12.3. The molecule has 0 bridgehead atoms. The van der Waals surface area contributed by atoms with E-state index in [2.05, 4.69) is 22.2 Å². The number of aliphatic hydroxyl groups excluding tert-OH is 1. The molecule has 0 amide bonds. The Morgan fingerprint density at radius 2 is 1.82 bits per heavy atom. The molecule has 1 heterocycles. The second-order valence-electron chi connectivity index (χ2n) is 7.98. The predicted molar refractivity (Wildman–Crippen MR) is 135 cm³/mol. The van der Waals surface area contributed by atoms with Crippen LogP contribution >= 0.6 is 0 Å². The van der Waals surface area contributed by atoms with Gasteiger partial charge in [-0.05, 0) is 73.4 Å². The third-order valence-corrected chi connectivity index (χ3v) is 6.60. The highest BCUT2D eigenvalue weighted by molar-refractivity contribution is 7.92. The van der Waals surface area contributed by atoms with Gasteiger partial charge >= 0.3 is 0 Å². The zero-order chi connectivity index (χ0) is 23.8. The molecule has 1 atom stereocenters. The third kappa shape index (κ3) is 6.74. The summed E-state index contributed by atoms with van der Waals surface area (Å²) in [6, 6.07) is 15.1. The lowest BCUT2D eigenvalue weighted by atomic mass is 10.1. The van der Waals surface area contributed by atoms with Crippen molar-refractivity contribution in [3.63, 3.8) is 0 Å². The predicted octanol–water partition coefficient (Wildman–Crippen LogP) is 5.13. The number of benzene rings is 2. The van der Waals surface area contributed by atoms with Crippen LogP contribution in [0.5, 0.6) is 0 Å². The summed E-state index contributed by atoms with van der Waals surface area (Å²) in [6.45, 7) is 7.73. The van der Waals surface area contributed by atoms with E-state index in [9.17, 15) is 9.66 Å². The molecular formula is C26H30N4O2S. The molecule has 33 heavy (non-hydrogen) atoms. The Labute approximate surface area is 198 Å². The molecule has 0 saturated carbocycles. The van der Waals surface area contributed by atoms with Crippen molar-refractivity contribution >= 4 is 22.6 Å². The molecule has 0 aliphatic heterocycles. The Morgan fingerprint density at radius 1 is 1.12 bits per heavy atom. The van der Waals surface area contributed by atoms with Crippen molar-refractivity contribution in [2.75, 3.05) is 6.54 Å². The maximum Gasteiger partial charge on any atom is 0.152 e. The Bertz CT molecular complexity index is 1100. The van der Waals surface area contributed by atoms with E-state index in [0.717, 1.165) is 35.5 Å². The summed E-state index contributed by atoms with van der Waals surface area (Å²) < 4.78 is 12.3. The van der Waals surface area contributed by atoms with Gasteiger partial charge in [-0.1, -0.05) is 31.2 Å². The van der Waals surface area contributed by atoms with Crippen molar-refractivity contribution in [3.05, 3.63) is 83.8 Å². The van der Waals surface area contributed by atoms with Gasteiger partial charge in [-0.3, -0.25) is 4.98 Å². The fraction of sp³-hybridized carbons (Fsp3) is 0.269. The zero-order valence-corrected chi connectivity index (χ0v) is 20.0. The largest absolute Gasteiger partial charge is 0.611 e. The molecule has 0 fully saturated rings. The number of rotatable bonds is 10. The number of nitrogens with zero attached hydrogens (tertiary/aromatic N) is 2. The molecule has 172 valence electrons. The molecule has 0 aliphatic carbocycles. The van der Waals surface area contributed by atoms with Gasteiger partial charge in [-0.25, -0.2) is 4.98 Å². The molecule has 3 rings (SSSR count). The first-order chi connectivity index (χ1) is 15.9. The molecule has 1 aromatic heterocycles. The summed E-state index contributed by atoms with van der Waals surface area (Å²) in [5.74, 6) is -0.124. The average molecular weight is 463 g/mol. The fourth-order valence-electron chi connectivity index (χ4n) is 3.17. The first kappa shape index (κ1) is 24.6. The summed E-state index contributed by atoms with van der Waals surface area (Å²) in [6.07, 6.45) is 5.55. The number of nitrogens with one attached hydrogen (secondary N) is 2. The monoisotopic (exact) mass is 462 g/mol. The number of aromatic nitrogens is 2. The third-order valence-electron chi connectivity index (χ3n) is 5.01. The fourth-order valence-corrected chi connectivity index (χ4v) is 4.11. The van der Waals surface area contributed by atoms with Crippen molar-refractivity contribution < 1.29 is 9.66 Å². The highest BCUT2D eigenvalue weighted by Crippen LogP contribution is 2.22. The van der Waals surface area contributed by atoms with E-state index >= 15 is 0 Å². The SMILES string of the molecule is CCCNCc1ccc(C(=N)/C=C(\O)c2cncc(-c3ccc([S+]([O-])C(C)C)cc3)n2)cc1. The quantitative estimate of drug-likeness (QED) is 0.168. The first-order valence-electron chi connectivity index (χ1n) is 11.0. The van der Waals surface area contributed by atoms with Crippen LogP contribution in [0.3, 0.4) is 0 Å².